The molecule has 0 radical (unpaired) electrons. The largest absolute Gasteiger partial charge is 0.384 e. The van der Waals surface area contributed by atoms with Crippen molar-refractivity contribution in [1.29, 1.82) is 0 Å². The highest BCUT2D eigenvalue weighted by molar-refractivity contribution is 6.33. The molecule has 1 amide bonds. The number of benzene rings is 2. The van der Waals surface area contributed by atoms with Gasteiger partial charge in [-0.05, 0) is 17.7 Å². The third-order valence-corrected chi connectivity index (χ3v) is 6.51. The first-order valence-electron chi connectivity index (χ1n) is 11.2. The van der Waals surface area contributed by atoms with Crippen LogP contribution in [0.25, 0.3) is 0 Å². The van der Waals surface area contributed by atoms with Crippen molar-refractivity contribution in [2.45, 2.75) is 6.54 Å². The molecule has 1 aliphatic heterocycles. The van der Waals surface area contributed by atoms with Gasteiger partial charge in [0.25, 0.3) is 11.5 Å². The molecule has 2 N–H and O–H groups in total. The molecule has 2 heterocycles. The summed E-state index contributed by atoms with van der Waals surface area (Å²) in [7, 11) is 1.33. The smallest absolute Gasteiger partial charge is 0.332 e. The second-order valence-electron chi connectivity index (χ2n) is 8.45. The maximum Gasteiger partial charge on any atom is 0.332 e. The molecule has 10 heteroatoms. The number of carbonyl (C=O) groups is 2. The van der Waals surface area contributed by atoms with Crippen molar-refractivity contribution in [3.05, 3.63) is 97.1 Å². The van der Waals surface area contributed by atoms with E-state index in [-0.39, 0.29) is 30.4 Å². The average molecular weight is 496 g/mol. The summed E-state index contributed by atoms with van der Waals surface area (Å²) in [4.78, 5) is 55.0. The molecule has 0 atom stereocenters. The van der Waals surface area contributed by atoms with Crippen LogP contribution in [0.2, 0.25) is 5.02 Å². The van der Waals surface area contributed by atoms with Gasteiger partial charge in [-0.25, -0.2) is 4.79 Å². The molecule has 182 valence electrons. The molecule has 1 fully saturated rings. The molecule has 0 bridgehead atoms. The molecule has 0 saturated carbocycles. The lowest BCUT2D eigenvalue weighted by molar-refractivity contribution is 0.0624. The van der Waals surface area contributed by atoms with Crippen molar-refractivity contribution >= 4 is 29.1 Å². The minimum absolute atomic E-state index is 0.0445. The molecule has 4 rings (SSSR count). The van der Waals surface area contributed by atoms with E-state index < -0.39 is 17.0 Å². The van der Waals surface area contributed by atoms with Crippen LogP contribution in [-0.2, 0) is 13.6 Å². The quantitative estimate of drug-likeness (QED) is 0.518. The number of halogens is 1. The van der Waals surface area contributed by atoms with Crippen LogP contribution in [0.4, 0.5) is 5.82 Å². The van der Waals surface area contributed by atoms with Crippen LogP contribution in [0.5, 0.6) is 0 Å². The molecule has 1 aromatic heterocycles. The Hall–Kier alpha value is -3.69. The fraction of sp³-hybridized carbons (Fsp3) is 0.280. The van der Waals surface area contributed by atoms with E-state index in [9.17, 15) is 19.2 Å². The van der Waals surface area contributed by atoms with Crippen molar-refractivity contribution in [3.8, 4) is 0 Å². The number of ketones is 1. The minimum atomic E-state index is -0.714. The summed E-state index contributed by atoms with van der Waals surface area (Å²) >= 11 is 6.15. The van der Waals surface area contributed by atoms with E-state index in [2.05, 4.69) is 0 Å². The van der Waals surface area contributed by atoms with Gasteiger partial charge >= 0.3 is 5.69 Å². The van der Waals surface area contributed by atoms with Crippen molar-refractivity contribution in [1.82, 2.24) is 18.9 Å². The Bertz CT molecular complexity index is 1370. The van der Waals surface area contributed by atoms with Crippen molar-refractivity contribution in [2.24, 2.45) is 7.05 Å². The summed E-state index contributed by atoms with van der Waals surface area (Å²) in [5.41, 5.74) is 5.96. The lowest BCUT2D eigenvalue weighted by Gasteiger charge is -2.34. The summed E-state index contributed by atoms with van der Waals surface area (Å²) in [5, 5.41) is 0.395. The van der Waals surface area contributed by atoms with Crippen LogP contribution in [0.15, 0.2) is 64.2 Å². The van der Waals surface area contributed by atoms with E-state index in [4.69, 9.17) is 17.3 Å². The van der Waals surface area contributed by atoms with Crippen molar-refractivity contribution in [2.75, 3.05) is 38.5 Å². The van der Waals surface area contributed by atoms with E-state index in [1.54, 1.807) is 29.2 Å². The van der Waals surface area contributed by atoms with E-state index in [0.717, 1.165) is 10.1 Å². The maximum absolute atomic E-state index is 13.2. The van der Waals surface area contributed by atoms with Gasteiger partial charge < -0.3 is 10.6 Å². The summed E-state index contributed by atoms with van der Waals surface area (Å²) in [6, 6.07) is 16.1. The number of anilines is 1. The number of Topliss-reactive ketones (excluding diaryl/α,β-unsaturated/α-hetero) is 1. The van der Waals surface area contributed by atoms with Gasteiger partial charge in [0.15, 0.2) is 5.78 Å². The molecular weight excluding hydrogens is 470 g/mol. The van der Waals surface area contributed by atoms with Crippen LogP contribution in [0.3, 0.4) is 0 Å². The standard InChI is InChI=1S/C25H26ClN5O4/c1-28-24(34)21(22(27)31(25(28)35)15-17-7-3-2-4-8-17)20(32)16-29-11-13-30(14-12-29)23(33)18-9-5-6-10-19(18)26/h2-10H,11-16,27H2,1H3. The number of nitrogens with two attached hydrogens (primary N) is 1. The van der Waals surface area contributed by atoms with E-state index >= 15 is 0 Å². The molecule has 35 heavy (non-hydrogen) atoms. The van der Waals surface area contributed by atoms with Crippen LogP contribution >= 0.6 is 11.6 Å². The number of amides is 1. The lowest BCUT2D eigenvalue weighted by atomic mass is 10.1. The molecular formula is C25H26ClN5O4. The first-order chi connectivity index (χ1) is 16.8. The Kier molecular flexibility index (Phi) is 7.18. The number of nitrogens with zero attached hydrogens (tertiary/aromatic N) is 4. The van der Waals surface area contributed by atoms with Gasteiger partial charge in [0.2, 0.25) is 0 Å². The van der Waals surface area contributed by atoms with Gasteiger partial charge in [0, 0.05) is 33.2 Å². The first kappa shape index (κ1) is 24.4. The zero-order chi connectivity index (χ0) is 25.1. The van der Waals surface area contributed by atoms with E-state index in [0.29, 0.717) is 36.8 Å². The Balaban J connectivity index is 1.49. The van der Waals surface area contributed by atoms with Crippen LogP contribution in [-0.4, -0.2) is 63.3 Å². The van der Waals surface area contributed by atoms with Gasteiger partial charge in [-0.3, -0.25) is 28.4 Å². The highest BCUT2D eigenvalue weighted by Crippen LogP contribution is 2.18. The average Bonchev–Trinajstić information content (AvgIpc) is 2.86. The Labute approximate surface area is 206 Å². The second-order valence-corrected chi connectivity index (χ2v) is 8.86. The first-order valence-corrected chi connectivity index (χ1v) is 11.6. The molecule has 3 aromatic rings. The number of aromatic nitrogens is 2. The van der Waals surface area contributed by atoms with Gasteiger partial charge in [-0.2, -0.15) is 0 Å². The van der Waals surface area contributed by atoms with Crippen molar-refractivity contribution < 1.29 is 9.59 Å². The highest BCUT2D eigenvalue weighted by Gasteiger charge is 2.27. The number of carbonyl (C=O) groups excluding carboxylic acids is 2. The third kappa shape index (κ3) is 5.06. The summed E-state index contributed by atoms with van der Waals surface area (Å²) in [6.07, 6.45) is 0. The fourth-order valence-corrected chi connectivity index (χ4v) is 4.38. The van der Waals surface area contributed by atoms with Crippen molar-refractivity contribution in [3.63, 3.8) is 0 Å². The minimum Gasteiger partial charge on any atom is -0.384 e. The summed E-state index contributed by atoms with van der Waals surface area (Å²) in [5.74, 6) is -0.761. The normalized spacial score (nSPS) is 14.2. The Morgan fingerprint density at radius 3 is 2.23 bits per heavy atom. The monoisotopic (exact) mass is 495 g/mol. The van der Waals surface area contributed by atoms with Gasteiger partial charge in [0.1, 0.15) is 11.4 Å². The fourth-order valence-electron chi connectivity index (χ4n) is 4.16. The SMILES string of the molecule is Cn1c(=O)c(C(=O)CN2CCN(C(=O)c3ccccc3Cl)CC2)c(N)n(Cc2ccccc2)c1=O. The topological polar surface area (TPSA) is 111 Å². The molecule has 1 saturated heterocycles. The number of nitrogen functional groups attached to an aromatic ring is 1. The third-order valence-electron chi connectivity index (χ3n) is 6.18. The molecule has 1 aliphatic rings. The van der Waals surface area contributed by atoms with Crippen LogP contribution in [0.1, 0.15) is 26.3 Å². The molecule has 0 aliphatic carbocycles. The number of hydrogen-bond acceptors (Lipinski definition) is 6. The van der Waals surface area contributed by atoms with Gasteiger partial charge in [-0.15, -0.1) is 0 Å². The van der Waals surface area contributed by atoms with E-state index in [1.807, 2.05) is 35.2 Å². The zero-order valence-corrected chi connectivity index (χ0v) is 20.1. The number of hydrogen-bond donors (Lipinski definition) is 1. The number of piperazine rings is 1. The van der Waals surface area contributed by atoms with Gasteiger partial charge in [-0.1, -0.05) is 54.1 Å². The second kappa shape index (κ2) is 10.3. The molecule has 9 nitrogen and oxygen atoms in total. The van der Waals surface area contributed by atoms with Gasteiger partial charge in [0.05, 0.1) is 23.7 Å². The maximum atomic E-state index is 13.2. The highest BCUT2D eigenvalue weighted by atomic mass is 35.5. The van der Waals surface area contributed by atoms with E-state index in [1.165, 1.54) is 11.6 Å². The Morgan fingerprint density at radius 1 is 0.943 bits per heavy atom. The number of rotatable bonds is 6. The van der Waals surface area contributed by atoms with Crippen LogP contribution in [0, 0.1) is 0 Å². The molecule has 0 unspecified atom stereocenters. The molecule has 0 spiro atoms. The molecule has 2 aromatic carbocycles. The summed E-state index contributed by atoms with van der Waals surface area (Å²) in [6.45, 7) is 1.83. The predicted molar refractivity (Wildman–Crippen MR) is 134 cm³/mol. The van der Waals surface area contributed by atoms with Crippen LogP contribution < -0.4 is 17.0 Å². The predicted octanol–water partition coefficient (Wildman–Crippen LogP) is 1.47. The summed E-state index contributed by atoms with van der Waals surface area (Å²) < 4.78 is 2.15. The zero-order valence-electron chi connectivity index (χ0n) is 19.3. The Morgan fingerprint density at radius 2 is 1.57 bits per heavy atom. The lowest BCUT2D eigenvalue weighted by Crippen LogP contribution is -2.51.